The van der Waals surface area contributed by atoms with Gasteiger partial charge in [0.2, 0.25) is 0 Å². The minimum Gasteiger partial charge on any atom is -0.459 e. The lowest BCUT2D eigenvalue weighted by Gasteiger charge is -2.04. The Morgan fingerprint density at radius 2 is 2.00 bits per heavy atom. The topological polar surface area (TPSA) is 42.2 Å². The molecule has 0 saturated carbocycles. The van der Waals surface area contributed by atoms with E-state index in [1.807, 2.05) is 12.1 Å². The predicted octanol–water partition coefficient (Wildman–Crippen LogP) is 4.06. The SMILES string of the molecule is O=C(Nc1ccc(Br)c(Br)c1)c1ccco1. The van der Waals surface area contributed by atoms with Crippen LogP contribution in [0.25, 0.3) is 0 Å². The van der Waals surface area contributed by atoms with Gasteiger partial charge >= 0.3 is 0 Å². The number of carbonyl (C=O) groups excluding carboxylic acids is 1. The number of hydrogen-bond donors (Lipinski definition) is 1. The van der Waals surface area contributed by atoms with Gasteiger partial charge in [0, 0.05) is 14.6 Å². The van der Waals surface area contributed by atoms with Crippen LogP contribution in [0.5, 0.6) is 0 Å². The molecule has 82 valence electrons. The molecule has 1 heterocycles. The van der Waals surface area contributed by atoms with Gasteiger partial charge < -0.3 is 9.73 Å². The van der Waals surface area contributed by atoms with E-state index in [1.54, 1.807) is 18.2 Å². The van der Waals surface area contributed by atoms with Gasteiger partial charge in [0.1, 0.15) is 0 Å². The third-order valence-corrected chi connectivity index (χ3v) is 3.80. The molecule has 1 aromatic carbocycles. The second kappa shape index (κ2) is 4.84. The molecule has 0 bridgehead atoms. The van der Waals surface area contributed by atoms with Gasteiger partial charge in [-0.15, -0.1) is 0 Å². The normalized spacial score (nSPS) is 10.1. The summed E-state index contributed by atoms with van der Waals surface area (Å²) in [6.07, 6.45) is 1.46. The van der Waals surface area contributed by atoms with E-state index in [2.05, 4.69) is 37.2 Å². The van der Waals surface area contributed by atoms with E-state index in [4.69, 9.17) is 4.42 Å². The zero-order valence-corrected chi connectivity index (χ0v) is 11.2. The molecule has 0 atom stereocenters. The Morgan fingerprint density at radius 3 is 2.62 bits per heavy atom. The number of carbonyl (C=O) groups is 1. The van der Waals surface area contributed by atoms with Gasteiger partial charge in [0.15, 0.2) is 5.76 Å². The predicted molar refractivity (Wildman–Crippen MR) is 68.5 cm³/mol. The Bertz CT molecular complexity index is 509. The molecule has 2 aromatic rings. The molecule has 0 fully saturated rings. The highest BCUT2D eigenvalue weighted by Gasteiger charge is 2.09. The fraction of sp³-hybridized carbons (Fsp3) is 0. The number of furan rings is 1. The van der Waals surface area contributed by atoms with E-state index in [0.29, 0.717) is 11.4 Å². The van der Waals surface area contributed by atoms with Crippen molar-refractivity contribution in [1.82, 2.24) is 0 Å². The third-order valence-electron chi connectivity index (χ3n) is 1.92. The lowest BCUT2D eigenvalue weighted by Crippen LogP contribution is -2.10. The van der Waals surface area contributed by atoms with Gasteiger partial charge in [-0.05, 0) is 62.2 Å². The van der Waals surface area contributed by atoms with Crippen molar-refractivity contribution in [3.63, 3.8) is 0 Å². The molecule has 2 rings (SSSR count). The van der Waals surface area contributed by atoms with Crippen molar-refractivity contribution in [2.24, 2.45) is 0 Å². The lowest BCUT2D eigenvalue weighted by atomic mass is 10.3. The first-order chi connectivity index (χ1) is 7.66. The van der Waals surface area contributed by atoms with Crippen LogP contribution in [0.1, 0.15) is 10.6 Å². The number of amides is 1. The molecular formula is C11H7Br2NO2. The van der Waals surface area contributed by atoms with Crippen LogP contribution in [-0.2, 0) is 0 Å². The summed E-state index contributed by atoms with van der Waals surface area (Å²) in [7, 11) is 0. The van der Waals surface area contributed by atoms with Crippen LogP contribution >= 0.6 is 31.9 Å². The highest BCUT2D eigenvalue weighted by molar-refractivity contribution is 9.13. The average molecular weight is 345 g/mol. The van der Waals surface area contributed by atoms with Gasteiger partial charge in [-0.1, -0.05) is 0 Å². The van der Waals surface area contributed by atoms with E-state index in [-0.39, 0.29) is 5.91 Å². The molecule has 0 spiro atoms. The van der Waals surface area contributed by atoms with Crippen LogP contribution in [-0.4, -0.2) is 5.91 Å². The first kappa shape index (κ1) is 11.4. The average Bonchev–Trinajstić information content (AvgIpc) is 2.77. The third kappa shape index (κ3) is 2.54. The molecular weight excluding hydrogens is 338 g/mol. The largest absolute Gasteiger partial charge is 0.459 e. The van der Waals surface area contributed by atoms with Crippen molar-refractivity contribution in [1.29, 1.82) is 0 Å². The van der Waals surface area contributed by atoms with Crippen molar-refractivity contribution >= 4 is 43.5 Å². The number of halogens is 2. The first-order valence-electron chi connectivity index (χ1n) is 4.47. The Kier molecular flexibility index (Phi) is 3.46. The summed E-state index contributed by atoms with van der Waals surface area (Å²) in [4.78, 5) is 11.6. The van der Waals surface area contributed by atoms with Gasteiger partial charge in [-0.25, -0.2) is 0 Å². The molecule has 0 radical (unpaired) electrons. The Hall–Kier alpha value is -1.07. The van der Waals surface area contributed by atoms with E-state index in [0.717, 1.165) is 8.95 Å². The minimum absolute atomic E-state index is 0.265. The Labute approximate surface area is 109 Å². The highest BCUT2D eigenvalue weighted by Crippen LogP contribution is 2.26. The van der Waals surface area contributed by atoms with Crippen LogP contribution in [0.15, 0.2) is 50.0 Å². The van der Waals surface area contributed by atoms with Crippen molar-refractivity contribution in [3.8, 4) is 0 Å². The van der Waals surface area contributed by atoms with Crippen molar-refractivity contribution in [2.45, 2.75) is 0 Å². The van der Waals surface area contributed by atoms with Crippen LogP contribution in [0.2, 0.25) is 0 Å². The van der Waals surface area contributed by atoms with E-state index >= 15 is 0 Å². The van der Waals surface area contributed by atoms with Crippen molar-refractivity contribution in [2.75, 3.05) is 5.32 Å². The summed E-state index contributed by atoms with van der Waals surface area (Å²) in [5, 5.41) is 2.73. The van der Waals surface area contributed by atoms with Crippen molar-refractivity contribution < 1.29 is 9.21 Å². The van der Waals surface area contributed by atoms with E-state index in [1.165, 1.54) is 6.26 Å². The fourth-order valence-corrected chi connectivity index (χ4v) is 1.80. The highest BCUT2D eigenvalue weighted by atomic mass is 79.9. The summed E-state index contributed by atoms with van der Waals surface area (Å²) < 4.78 is 6.80. The maximum atomic E-state index is 11.6. The van der Waals surface area contributed by atoms with Gasteiger partial charge in [-0.2, -0.15) is 0 Å². The molecule has 0 aliphatic heterocycles. The Morgan fingerprint density at radius 1 is 1.19 bits per heavy atom. The smallest absolute Gasteiger partial charge is 0.291 e. The van der Waals surface area contributed by atoms with Crippen LogP contribution in [0, 0.1) is 0 Å². The Balaban J connectivity index is 2.15. The molecule has 0 aliphatic carbocycles. The van der Waals surface area contributed by atoms with Crippen LogP contribution in [0.3, 0.4) is 0 Å². The zero-order chi connectivity index (χ0) is 11.5. The van der Waals surface area contributed by atoms with Crippen LogP contribution in [0.4, 0.5) is 5.69 Å². The molecule has 0 unspecified atom stereocenters. The molecule has 0 saturated heterocycles. The molecule has 0 aliphatic rings. The van der Waals surface area contributed by atoms with E-state index < -0.39 is 0 Å². The quantitative estimate of drug-likeness (QED) is 0.892. The second-order valence-electron chi connectivity index (χ2n) is 3.06. The summed E-state index contributed by atoms with van der Waals surface area (Å²) in [5.74, 6) is 0.0262. The van der Waals surface area contributed by atoms with Crippen molar-refractivity contribution in [3.05, 3.63) is 51.3 Å². The summed E-state index contributed by atoms with van der Waals surface area (Å²) in [6, 6.07) is 8.75. The maximum absolute atomic E-state index is 11.6. The number of anilines is 1. The minimum atomic E-state index is -0.265. The molecule has 1 amide bonds. The summed E-state index contributed by atoms with van der Waals surface area (Å²) in [6.45, 7) is 0. The van der Waals surface area contributed by atoms with Gasteiger partial charge in [0.25, 0.3) is 5.91 Å². The van der Waals surface area contributed by atoms with Crippen LogP contribution < -0.4 is 5.32 Å². The number of rotatable bonds is 2. The first-order valence-corrected chi connectivity index (χ1v) is 6.05. The monoisotopic (exact) mass is 343 g/mol. The number of nitrogens with one attached hydrogen (secondary N) is 1. The maximum Gasteiger partial charge on any atom is 0.291 e. The summed E-state index contributed by atoms with van der Waals surface area (Å²) in [5.41, 5.74) is 0.705. The standard InChI is InChI=1S/C11H7Br2NO2/c12-8-4-3-7(6-9(8)13)14-11(15)10-2-1-5-16-10/h1-6H,(H,14,15). The lowest BCUT2D eigenvalue weighted by molar-refractivity contribution is 0.0996. The summed E-state index contributed by atoms with van der Waals surface area (Å²) >= 11 is 6.72. The number of benzene rings is 1. The zero-order valence-electron chi connectivity index (χ0n) is 8.04. The molecule has 1 N–H and O–H groups in total. The second-order valence-corrected chi connectivity index (χ2v) is 4.77. The van der Waals surface area contributed by atoms with E-state index in [9.17, 15) is 4.79 Å². The fourth-order valence-electron chi connectivity index (χ4n) is 1.17. The number of hydrogen-bond acceptors (Lipinski definition) is 2. The molecule has 5 heteroatoms. The van der Waals surface area contributed by atoms with Gasteiger partial charge in [0.05, 0.1) is 6.26 Å². The molecule has 3 nitrogen and oxygen atoms in total. The molecule has 1 aromatic heterocycles. The van der Waals surface area contributed by atoms with Gasteiger partial charge in [-0.3, -0.25) is 4.79 Å². The molecule has 16 heavy (non-hydrogen) atoms.